The van der Waals surface area contributed by atoms with Crippen molar-refractivity contribution in [2.24, 2.45) is 5.92 Å². The van der Waals surface area contributed by atoms with E-state index < -0.39 is 0 Å². The van der Waals surface area contributed by atoms with Crippen LogP contribution in [0.25, 0.3) is 10.2 Å². The summed E-state index contributed by atoms with van der Waals surface area (Å²) in [6.45, 7) is 0.980. The summed E-state index contributed by atoms with van der Waals surface area (Å²) in [5.74, 6) is 0.760. The molecule has 1 amide bonds. The van der Waals surface area contributed by atoms with E-state index in [9.17, 15) is 9.59 Å². The molecule has 1 saturated heterocycles. The number of fused-ring (bicyclic) bond motifs is 4. The van der Waals surface area contributed by atoms with Gasteiger partial charge >= 0.3 is 0 Å². The lowest BCUT2D eigenvalue weighted by atomic mass is 9.78. The Hall–Kier alpha value is -1.69. The number of hydrogen-bond acceptors (Lipinski definition) is 4. The number of carbonyl (C=O) groups excluding carboxylic acids is 1. The monoisotopic (exact) mass is 371 g/mol. The maximum absolute atomic E-state index is 13.0. The van der Waals surface area contributed by atoms with Crippen LogP contribution in [0.1, 0.15) is 55.4 Å². The molecule has 0 N–H and O–H groups in total. The van der Waals surface area contributed by atoms with E-state index in [0.717, 1.165) is 48.9 Å². The molecule has 3 heterocycles. The van der Waals surface area contributed by atoms with Crippen LogP contribution < -0.4 is 5.56 Å². The Morgan fingerprint density at radius 1 is 1.15 bits per heavy atom. The van der Waals surface area contributed by atoms with Gasteiger partial charge in [-0.1, -0.05) is 12.8 Å². The summed E-state index contributed by atoms with van der Waals surface area (Å²) < 4.78 is 1.54. The van der Waals surface area contributed by atoms with Crippen molar-refractivity contribution in [3.63, 3.8) is 0 Å². The number of nitrogens with zero attached hydrogens (tertiary/aromatic N) is 3. The van der Waals surface area contributed by atoms with Gasteiger partial charge < -0.3 is 4.90 Å². The number of rotatable bonds is 2. The largest absolute Gasteiger partial charge is 0.338 e. The minimum Gasteiger partial charge on any atom is -0.338 e. The molecule has 6 heteroatoms. The van der Waals surface area contributed by atoms with Crippen molar-refractivity contribution in [3.05, 3.63) is 27.1 Å². The van der Waals surface area contributed by atoms with Gasteiger partial charge in [0.2, 0.25) is 5.91 Å². The zero-order chi connectivity index (χ0) is 17.7. The number of piperidine rings is 1. The predicted octanol–water partition coefficient (Wildman–Crippen LogP) is 3.13. The maximum atomic E-state index is 13.0. The molecule has 3 aliphatic rings. The molecule has 0 unspecified atom stereocenters. The van der Waals surface area contributed by atoms with Crippen LogP contribution in [0.5, 0.6) is 0 Å². The molecule has 5 rings (SSSR count). The zero-order valence-electron chi connectivity index (χ0n) is 15.1. The molecule has 1 aliphatic heterocycles. The van der Waals surface area contributed by atoms with Crippen LogP contribution in [-0.4, -0.2) is 32.9 Å². The van der Waals surface area contributed by atoms with Crippen molar-refractivity contribution in [1.29, 1.82) is 0 Å². The average Bonchev–Trinajstić information content (AvgIpc) is 3.24. The molecule has 0 spiro atoms. The number of aromatic nitrogens is 2. The van der Waals surface area contributed by atoms with Gasteiger partial charge in [-0.05, 0) is 56.4 Å². The highest BCUT2D eigenvalue weighted by atomic mass is 32.1. The van der Waals surface area contributed by atoms with E-state index >= 15 is 0 Å². The van der Waals surface area contributed by atoms with Crippen molar-refractivity contribution in [2.45, 2.75) is 70.4 Å². The highest BCUT2D eigenvalue weighted by molar-refractivity contribution is 7.18. The van der Waals surface area contributed by atoms with Gasteiger partial charge in [-0.2, -0.15) is 0 Å². The van der Waals surface area contributed by atoms with Crippen LogP contribution in [0.3, 0.4) is 0 Å². The molecule has 0 aromatic carbocycles. The third-order valence-corrected chi connectivity index (χ3v) is 7.76. The third-order valence-electron chi connectivity index (χ3n) is 6.56. The fourth-order valence-electron chi connectivity index (χ4n) is 5.30. The topological polar surface area (TPSA) is 55.2 Å². The quantitative estimate of drug-likeness (QED) is 0.815. The van der Waals surface area contributed by atoms with E-state index in [-0.39, 0.29) is 18.0 Å². The molecule has 2 aromatic heterocycles. The minimum atomic E-state index is -0.0278. The van der Waals surface area contributed by atoms with E-state index in [1.165, 1.54) is 36.1 Å². The summed E-state index contributed by atoms with van der Waals surface area (Å²) in [6, 6.07) is 0.391. The van der Waals surface area contributed by atoms with Crippen molar-refractivity contribution in [3.8, 4) is 0 Å². The Morgan fingerprint density at radius 3 is 2.92 bits per heavy atom. The number of likely N-dealkylation sites (tertiary alicyclic amines) is 1. The lowest BCUT2D eigenvalue weighted by Crippen LogP contribution is -2.51. The van der Waals surface area contributed by atoms with Gasteiger partial charge in [0.05, 0.1) is 11.7 Å². The Morgan fingerprint density at radius 2 is 2.00 bits per heavy atom. The van der Waals surface area contributed by atoms with Gasteiger partial charge in [0.25, 0.3) is 5.56 Å². The summed E-state index contributed by atoms with van der Waals surface area (Å²) in [5, 5.41) is 0.770. The van der Waals surface area contributed by atoms with Gasteiger partial charge in [-0.25, -0.2) is 4.98 Å². The highest BCUT2D eigenvalue weighted by Gasteiger charge is 2.35. The number of hydrogen-bond donors (Lipinski definition) is 0. The van der Waals surface area contributed by atoms with Gasteiger partial charge in [0.1, 0.15) is 11.4 Å². The molecule has 2 aromatic rings. The van der Waals surface area contributed by atoms with Crippen LogP contribution in [0.15, 0.2) is 11.1 Å². The second-order valence-corrected chi connectivity index (χ2v) is 9.14. The molecule has 26 heavy (non-hydrogen) atoms. The molecular formula is C20H25N3O2S. The first kappa shape index (κ1) is 16.5. The maximum Gasteiger partial charge on any atom is 0.262 e. The van der Waals surface area contributed by atoms with Gasteiger partial charge in [-0.3, -0.25) is 14.2 Å². The first-order valence-electron chi connectivity index (χ1n) is 10.0. The van der Waals surface area contributed by atoms with Crippen LogP contribution in [0.2, 0.25) is 0 Å². The van der Waals surface area contributed by atoms with E-state index in [1.807, 2.05) is 0 Å². The van der Waals surface area contributed by atoms with E-state index in [1.54, 1.807) is 22.2 Å². The fraction of sp³-hybridized carbons (Fsp3) is 0.650. The normalized spacial score (nSPS) is 25.3. The number of aryl methyl sites for hydroxylation is 2. The van der Waals surface area contributed by atoms with Crippen molar-refractivity contribution >= 4 is 27.5 Å². The Bertz CT molecular complexity index is 914. The number of carbonyl (C=O) groups is 1. The Kier molecular flexibility index (Phi) is 4.11. The molecule has 0 bridgehead atoms. The lowest BCUT2D eigenvalue weighted by molar-refractivity contribution is -0.138. The smallest absolute Gasteiger partial charge is 0.262 e. The van der Waals surface area contributed by atoms with E-state index in [2.05, 4.69) is 9.88 Å². The van der Waals surface area contributed by atoms with Gasteiger partial charge in [0, 0.05) is 17.5 Å². The van der Waals surface area contributed by atoms with Gasteiger partial charge in [-0.15, -0.1) is 11.3 Å². The molecule has 138 valence electrons. The third kappa shape index (κ3) is 2.61. The van der Waals surface area contributed by atoms with E-state index in [4.69, 9.17) is 0 Å². The summed E-state index contributed by atoms with van der Waals surface area (Å²) in [7, 11) is 0. The predicted molar refractivity (Wildman–Crippen MR) is 103 cm³/mol. The minimum absolute atomic E-state index is 0.0278. The molecular weight excluding hydrogens is 346 g/mol. The summed E-state index contributed by atoms with van der Waals surface area (Å²) >= 11 is 1.65. The first-order valence-corrected chi connectivity index (χ1v) is 10.8. The fourth-order valence-corrected chi connectivity index (χ4v) is 6.52. The van der Waals surface area contributed by atoms with Gasteiger partial charge in [0.15, 0.2) is 0 Å². The molecule has 2 aliphatic carbocycles. The summed E-state index contributed by atoms with van der Waals surface area (Å²) in [6.07, 6.45) is 12.0. The number of amides is 1. The lowest BCUT2D eigenvalue weighted by Gasteiger charge is -2.44. The second kappa shape index (κ2) is 6.48. The molecule has 5 nitrogen and oxygen atoms in total. The standard InChI is InChI=1S/C20H25N3O2S/c24-17(23-10-4-6-13-5-1-2-8-15(13)23)11-22-12-21-19-18(20(22)25)14-7-3-9-16(14)26-19/h12-13,15H,1-11H2/t13-,15+/m0/s1. The Balaban J connectivity index is 1.43. The molecule has 1 saturated carbocycles. The molecule has 0 radical (unpaired) electrons. The highest BCUT2D eigenvalue weighted by Crippen LogP contribution is 2.36. The molecule has 2 atom stereocenters. The average molecular weight is 372 g/mol. The SMILES string of the molecule is O=C(Cn1cnc2sc3c(c2c1=O)CCC3)N1CCC[C@@H]2CCCC[C@H]21. The Labute approximate surface area is 157 Å². The van der Waals surface area contributed by atoms with Crippen LogP contribution in [0, 0.1) is 5.92 Å². The first-order chi connectivity index (χ1) is 12.7. The number of thiophene rings is 1. The summed E-state index contributed by atoms with van der Waals surface area (Å²) in [4.78, 5) is 34.8. The van der Waals surface area contributed by atoms with Crippen molar-refractivity contribution in [1.82, 2.24) is 14.5 Å². The van der Waals surface area contributed by atoms with Crippen molar-refractivity contribution < 1.29 is 4.79 Å². The summed E-state index contributed by atoms with van der Waals surface area (Å²) in [5.41, 5.74) is 1.16. The van der Waals surface area contributed by atoms with Crippen LogP contribution in [0.4, 0.5) is 0 Å². The van der Waals surface area contributed by atoms with Crippen molar-refractivity contribution in [2.75, 3.05) is 6.54 Å². The van der Waals surface area contributed by atoms with E-state index in [0.29, 0.717) is 12.0 Å². The molecule has 2 fully saturated rings. The second-order valence-electron chi connectivity index (χ2n) is 8.06. The zero-order valence-corrected chi connectivity index (χ0v) is 15.9. The van der Waals surface area contributed by atoms with Crippen LogP contribution >= 0.6 is 11.3 Å². The van der Waals surface area contributed by atoms with Crippen LogP contribution in [-0.2, 0) is 24.2 Å².